The Labute approximate surface area is 156 Å². The van der Waals surface area contributed by atoms with Crippen LogP contribution >= 0.6 is 0 Å². The fourth-order valence-electron chi connectivity index (χ4n) is 4.41. The zero-order chi connectivity index (χ0) is 18.5. The van der Waals surface area contributed by atoms with Crippen LogP contribution in [0.1, 0.15) is 63.0 Å². The molecule has 2 atom stereocenters. The van der Waals surface area contributed by atoms with E-state index in [1.165, 1.54) is 11.1 Å². The van der Waals surface area contributed by atoms with Gasteiger partial charge >= 0.3 is 5.97 Å². The molecule has 2 fully saturated rings. The highest BCUT2D eigenvalue weighted by molar-refractivity contribution is 5.81. The van der Waals surface area contributed by atoms with E-state index in [1.807, 2.05) is 11.8 Å². The van der Waals surface area contributed by atoms with Crippen LogP contribution in [0.15, 0.2) is 24.3 Å². The number of amides is 1. The molecule has 1 amide bonds. The fourth-order valence-corrected chi connectivity index (χ4v) is 4.41. The van der Waals surface area contributed by atoms with Gasteiger partial charge in [-0.2, -0.15) is 0 Å². The molecule has 1 aromatic rings. The average Bonchev–Trinajstić information content (AvgIpc) is 3.22. The molecule has 2 aliphatic rings. The van der Waals surface area contributed by atoms with E-state index in [4.69, 9.17) is 4.74 Å². The molecule has 0 aromatic heterocycles. The van der Waals surface area contributed by atoms with Crippen LogP contribution in [-0.4, -0.2) is 36.5 Å². The number of nitrogens with zero attached hydrogens (tertiary/aromatic N) is 1. The monoisotopic (exact) mass is 357 g/mol. The van der Waals surface area contributed by atoms with Crippen LogP contribution in [0.25, 0.3) is 0 Å². The number of aryl methyl sites for hydroxylation is 1. The highest BCUT2D eigenvalue weighted by atomic mass is 16.5. The zero-order valence-electron chi connectivity index (χ0n) is 16.1. The number of hydrogen-bond acceptors (Lipinski definition) is 3. The number of ether oxygens (including phenoxy) is 1. The van der Waals surface area contributed by atoms with Crippen molar-refractivity contribution in [3.63, 3.8) is 0 Å². The number of rotatable bonds is 5. The van der Waals surface area contributed by atoms with Gasteiger partial charge in [0.15, 0.2) is 0 Å². The standard InChI is InChI=1S/C22H31NO3/c1-3-16-9-11-17(12-10-16)19-13-20(22(25)26-4-2)15-23(14-19)21(24)18-7-5-6-8-18/h9-12,18-20H,3-8,13-15H2,1-2H3. The minimum absolute atomic E-state index is 0.152. The Kier molecular flexibility index (Phi) is 6.33. The molecule has 0 bridgehead atoms. The van der Waals surface area contributed by atoms with Gasteiger partial charge in [0.25, 0.3) is 0 Å². The van der Waals surface area contributed by atoms with Crippen molar-refractivity contribution in [1.82, 2.24) is 4.90 Å². The summed E-state index contributed by atoms with van der Waals surface area (Å²) in [4.78, 5) is 27.3. The van der Waals surface area contributed by atoms with E-state index in [0.29, 0.717) is 13.2 Å². The molecule has 4 nitrogen and oxygen atoms in total. The summed E-state index contributed by atoms with van der Waals surface area (Å²) in [5, 5.41) is 0. The lowest BCUT2D eigenvalue weighted by atomic mass is 9.83. The molecule has 142 valence electrons. The van der Waals surface area contributed by atoms with Crippen LogP contribution in [-0.2, 0) is 20.7 Å². The molecule has 4 heteroatoms. The van der Waals surface area contributed by atoms with Crippen molar-refractivity contribution in [2.75, 3.05) is 19.7 Å². The molecule has 1 aromatic carbocycles. The SMILES string of the molecule is CCOC(=O)C1CC(c2ccc(CC)cc2)CN(C(=O)C2CCCC2)C1. The topological polar surface area (TPSA) is 46.6 Å². The summed E-state index contributed by atoms with van der Waals surface area (Å²) in [5.74, 6) is 0.219. The Balaban J connectivity index is 1.78. The largest absolute Gasteiger partial charge is 0.466 e. The van der Waals surface area contributed by atoms with Crippen LogP contribution < -0.4 is 0 Å². The maximum atomic E-state index is 13.0. The van der Waals surface area contributed by atoms with Gasteiger partial charge in [-0.25, -0.2) is 0 Å². The third-order valence-corrected chi connectivity index (χ3v) is 5.95. The summed E-state index contributed by atoms with van der Waals surface area (Å²) in [7, 11) is 0. The van der Waals surface area contributed by atoms with Crippen LogP contribution in [0.3, 0.4) is 0 Å². The number of hydrogen-bond donors (Lipinski definition) is 0. The molecule has 1 saturated carbocycles. The first kappa shape index (κ1) is 18.9. The van der Waals surface area contributed by atoms with Crippen molar-refractivity contribution in [2.24, 2.45) is 11.8 Å². The highest BCUT2D eigenvalue weighted by Crippen LogP contribution is 2.34. The van der Waals surface area contributed by atoms with Gasteiger partial charge in [0.1, 0.15) is 0 Å². The lowest BCUT2D eigenvalue weighted by molar-refractivity contribution is -0.152. The van der Waals surface area contributed by atoms with Crippen molar-refractivity contribution in [3.8, 4) is 0 Å². The average molecular weight is 357 g/mol. The molecular weight excluding hydrogens is 326 g/mol. The second-order valence-electron chi connectivity index (χ2n) is 7.70. The van der Waals surface area contributed by atoms with Crippen molar-refractivity contribution in [2.45, 2.75) is 58.3 Å². The maximum absolute atomic E-state index is 13.0. The first-order valence-corrected chi connectivity index (χ1v) is 10.2. The Morgan fingerprint density at radius 2 is 1.73 bits per heavy atom. The first-order valence-electron chi connectivity index (χ1n) is 10.2. The van der Waals surface area contributed by atoms with Gasteiger partial charge in [-0.3, -0.25) is 9.59 Å². The van der Waals surface area contributed by atoms with Crippen LogP contribution in [0.5, 0.6) is 0 Å². The van der Waals surface area contributed by atoms with E-state index in [0.717, 1.165) is 45.1 Å². The number of carbonyl (C=O) groups excluding carboxylic acids is 2. The van der Waals surface area contributed by atoms with E-state index in [2.05, 4.69) is 31.2 Å². The number of piperidine rings is 1. The number of likely N-dealkylation sites (tertiary alicyclic amines) is 1. The third-order valence-electron chi connectivity index (χ3n) is 5.95. The van der Waals surface area contributed by atoms with E-state index < -0.39 is 0 Å². The third kappa shape index (κ3) is 4.28. The minimum Gasteiger partial charge on any atom is -0.466 e. The summed E-state index contributed by atoms with van der Waals surface area (Å²) >= 11 is 0. The quantitative estimate of drug-likeness (QED) is 0.750. The summed E-state index contributed by atoms with van der Waals surface area (Å²) in [6, 6.07) is 8.64. The Morgan fingerprint density at radius 1 is 1.04 bits per heavy atom. The van der Waals surface area contributed by atoms with Crippen molar-refractivity contribution in [1.29, 1.82) is 0 Å². The molecule has 26 heavy (non-hydrogen) atoms. The molecule has 0 radical (unpaired) electrons. The number of esters is 1. The normalized spacial score (nSPS) is 23.8. The summed E-state index contributed by atoms with van der Waals surface area (Å²) in [6.45, 7) is 5.60. The molecule has 1 heterocycles. The van der Waals surface area contributed by atoms with Gasteiger partial charge in [0, 0.05) is 24.9 Å². The molecule has 1 aliphatic carbocycles. The molecule has 0 spiro atoms. The Hall–Kier alpha value is -1.84. The van der Waals surface area contributed by atoms with Gasteiger partial charge < -0.3 is 9.64 Å². The first-order chi connectivity index (χ1) is 12.6. The van der Waals surface area contributed by atoms with Crippen molar-refractivity contribution < 1.29 is 14.3 Å². The van der Waals surface area contributed by atoms with Crippen LogP contribution in [0.2, 0.25) is 0 Å². The van der Waals surface area contributed by atoms with E-state index in [1.54, 1.807) is 0 Å². The summed E-state index contributed by atoms with van der Waals surface area (Å²) < 4.78 is 5.28. The number of carbonyl (C=O) groups is 2. The van der Waals surface area contributed by atoms with Gasteiger partial charge in [-0.15, -0.1) is 0 Å². The second-order valence-corrected chi connectivity index (χ2v) is 7.70. The van der Waals surface area contributed by atoms with E-state index in [9.17, 15) is 9.59 Å². The Bertz CT molecular complexity index is 619. The smallest absolute Gasteiger partial charge is 0.310 e. The Morgan fingerprint density at radius 3 is 2.35 bits per heavy atom. The van der Waals surface area contributed by atoms with Gasteiger partial charge in [-0.1, -0.05) is 44.0 Å². The highest BCUT2D eigenvalue weighted by Gasteiger charge is 2.37. The molecule has 2 unspecified atom stereocenters. The lowest BCUT2D eigenvalue weighted by Crippen LogP contribution is -2.47. The predicted molar refractivity (Wildman–Crippen MR) is 102 cm³/mol. The molecule has 1 aliphatic heterocycles. The molecule has 0 N–H and O–H groups in total. The van der Waals surface area contributed by atoms with E-state index >= 15 is 0 Å². The summed E-state index contributed by atoms with van der Waals surface area (Å²) in [5.41, 5.74) is 2.53. The van der Waals surface area contributed by atoms with Crippen molar-refractivity contribution in [3.05, 3.63) is 35.4 Å². The lowest BCUT2D eigenvalue weighted by Gasteiger charge is -2.38. The van der Waals surface area contributed by atoms with Gasteiger partial charge in [0.2, 0.25) is 5.91 Å². The summed E-state index contributed by atoms with van der Waals surface area (Å²) in [6.07, 6.45) is 6.06. The van der Waals surface area contributed by atoms with Crippen molar-refractivity contribution >= 4 is 11.9 Å². The fraction of sp³-hybridized carbons (Fsp3) is 0.636. The van der Waals surface area contributed by atoms with Gasteiger partial charge in [0.05, 0.1) is 12.5 Å². The van der Waals surface area contributed by atoms with Crippen LogP contribution in [0.4, 0.5) is 0 Å². The van der Waals surface area contributed by atoms with Gasteiger partial charge in [-0.05, 0) is 43.7 Å². The molecule has 1 saturated heterocycles. The predicted octanol–water partition coefficient (Wildman–Crippen LogP) is 3.93. The second kappa shape index (κ2) is 8.70. The van der Waals surface area contributed by atoms with Crippen LogP contribution in [0, 0.1) is 11.8 Å². The molecule has 3 rings (SSSR count). The maximum Gasteiger partial charge on any atom is 0.310 e. The number of benzene rings is 1. The zero-order valence-corrected chi connectivity index (χ0v) is 16.1. The minimum atomic E-state index is -0.218. The molecular formula is C22H31NO3. The van der Waals surface area contributed by atoms with E-state index in [-0.39, 0.29) is 29.6 Å².